The van der Waals surface area contributed by atoms with Crippen LogP contribution in [0.3, 0.4) is 0 Å². The molecule has 1 aromatic heterocycles. The fourth-order valence-electron chi connectivity index (χ4n) is 2.33. The molecule has 1 N–H and O–H groups in total. The molecule has 0 saturated carbocycles. The van der Waals surface area contributed by atoms with Gasteiger partial charge in [0.1, 0.15) is 11.8 Å². The first-order chi connectivity index (χ1) is 12.2. The van der Waals surface area contributed by atoms with Gasteiger partial charge in [0, 0.05) is 6.26 Å². The van der Waals surface area contributed by atoms with E-state index in [1.807, 2.05) is 26.0 Å². The first kappa shape index (κ1) is 19.9. The Morgan fingerprint density at radius 3 is 2.42 bits per heavy atom. The van der Waals surface area contributed by atoms with E-state index in [1.165, 1.54) is 0 Å². The minimum Gasteiger partial charge on any atom is -0.497 e. The number of carbonyl (C=O) groups is 1. The molecular formula is C17H23N3O5S. The minimum atomic E-state index is -3.60. The highest BCUT2D eigenvalue weighted by molar-refractivity contribution is 7.90. The van der Waals surface area contributed by atoms with Gasteiger partial charge in [-0.05, 0) is 23.6 Å². The predicted octanol–water partition coefficient (Wildman–Crippen LogP) is 1.93. The van der Waals surface area contributed by atoms with E-state index in [-0.39, 0.29) is 24.1 Å². The van der Waals surface area contributed by atoms with Gasteiger partial charge in [-0.25, -0.2) is 8.42 Å². The Kier molecular flexibility index (Phi) is 6.36. The molecule has 26 heavy (non-hydrogen) atoms. The number of benzene rings is 1. The van der Waals surface area contributed by atoms with Crippen LogP contribution in [0.4, 0.5) is 0 Å². The summed E-state index contributed by atoms with van der Waals surface area (Å²) in [6.45, 7) is 3.88. The molecule has 0 saturated heterocycles. The van der Waals surface area contributed by atoms with Crippen LogP contribution in [-0.4, -0.2) is 37.9 Å². The zero-order valence-corrected chi connectivity index (χ0v) is 16.0. The summed E-state index contributed by atoms with van der Waals surface area (Å²) in [4.78, 5) is 12.4. The zero-order valence-electron chi connectivity index (χ0n) is 15.2. The van der Waals surface area contributed by atoms with Gasteiger partial charge in [0.05, 0.1) is 13.5 Å². The summed E-state index contributed by atoms with van der Waals surface area (Å²) in [6.07, 6.45) is 1.90. The average Bonchev–Trinajstić information content (AvgIpc) is 3.10. The molecule has 142 valence electrons. The molecule has 9 heteroatoms. The molecule has 2 rings (SSSR count). The third kappa shape index (κ3) is 5.04. The van der Waals surface area contributed by atoms with Gasteiger partial charge in [-0.15, -0.1) is 5.10 Å². The number of rotatable bonds is 8. The summed E-state index contributed by atoms with van der Waals surface area (Å²) in [5.74, 6) is 0.566. The van der Waals surface area contributed by atoms with E-state index in [0.717, 1.165) is 18.2 Å². The smallest absolute Gasteiger partial charge is 0.335 e. The molecule has 0 spiro atoms. The van der Waals surface area contributed by atoms with Crippen LogP contribution in [0.15, 0.2) is 33.9 Å². The Morgan fingerprint density at radius 1 is 1.27 bits per heavy atom. The summed E-state index contributed by atoms with van der Waals surface area (Å²) in [6, 6.07) is 6.63. The molecule has 0 radical (unpaired) electrons. The van der Waals surface area contributed by atoms with Gasteiger partial charge in [-0.2, -0.15) is 0 Å². The Balaban J connectivity index is 2.14. The van der Waals surface area contributed by atoms with Crippen molar-refractivity contribution in [2.45, 2.75) is 38.0 Å². The van der Waals surface area contributed by atoms with Crippen molar-refractivity contribution >= 4 is 15.7 Å². The van der Waals surface area contributed by atoms with E-state index in [0.29, 0.717) is 5.75 Å². The van der Waals surface area contributed by atoms with E-state index in [1.54, 1.807) is 19.2 Å². The fraction of sp³-hybridized carbons (Fsp3) is 0.471. The monoisotopic (exact) mass is 381 g/mol. The van der Waals surface area contributed by atoms with E-state index in [9.17, 15) is 13.2 Å². The van der Waals surface area contributed by atoms with Crippen molar-refractivity contribution in [3.05, 3.63) is 35.7 Å². The van der Waals surface area contributed by atoms with Crippen LogP contribution in [0.5, 0.6) is 5.75 Å². The molecule has 0 bridgehead atoms. The molecule has 1 heterocycles. The summed E-state index contributed by atoms with van der Waals surface area (Å²) in [7, 11) is -2.02. The Hall–Kier alpha value is -2.42. The van der Waals surface area contributed by atoms with Gasteiger partial charge < -0.3 is 14.5 Å². The van der Waals surface area contributed by atoms with Crippen LogP contribution in [-0.2, 0) is 21.1 Å². The second-order valence-electron chi connectivity index (χ2n) is 6.13. The highest BCUT2D eigenvalue weighted by Gasteiger charge is 2.28. The van der Waals surface area contributed by atoms with Crippen molar-refractivity contribution in [1.82, 2.24) is 15.5 Å². The lowest BCUT2D eigenvalue weighted by Crippen LogP contribution is -2.33. The van der Waals surface area contributed by atoms with Crippen LogP contribution < -0.4 is 10.1 Å². The predicted molar refractivity (Wildman–Crippen MR) is 94.4 cm³/mol. The molecule has 2 aromatic rings. The Bertz CT molecular complexity index is 846. The molecule has 0 fully saturated rings. The molecule has 2 atom stereocenters. The SMILES string of the molecule is CC[C@@H](C)[C@H](NC(=O)Cc1ccc(OC)cc1)c1nnc(S(C)(=O)=O)o1. The molecule has 1 amide bonds. The molecule has 8 nitrogen and oxygen atoms in total. The van der Waals surface area contributed by atoms with Crippen molar-refractivity contribution in [3.63, 3.8) is 0 Å². The number of methoxy groups -OCH3 is 1. The molecule has 0 unspecified atom stereocenters. The van der Waals surface area contributed by atoms with Crippen LogP contribution in [0.2, 0.25) is 0 Å². The number of sulfone groups is 1. The summed E-state index contributed by atoms with van der Waals surface area (Å²) in [5, 5.41) is 9.78. The van der Waals surface area contributed by atoms with Gasteiger partial charge in [0.2, 0.25) is 21.6 Å². The maximum absolute atomic E-state index is 12.4. The highest BCUT2D eigenvalue weighted by Crippen LogP contribution is 2.24. The minimum absolute atomic E-state index is 0.0114. The van der Waals surface area contributed by atoms with Gasteiger partial charge in [-0.1, -0.05) is 37.5 Å². The largest absolute Gasteiger partial charge is 0.497 e. The quantitative estimate of drug-likeness (QED) is 0.743. The fourth-order valence-corrected chi connectivity index (χ4v) is 2.76. The number of hydrogen-bond acceptors (Lipinski definition) is 7. The van der Waals surface area contributed by atoms with Crippen LogP contribution in [0, 0.1) is 5.92 Å². The van der Waals surface area contributed by atoms with Gasteiger partial charge in [0.25, 0.3) is 0 Å². The number of ether oxygens (including phenoxy) is 1. The van der Waals surface area contributed by atoms with Gasteiger partial charge >= 0.3 is 5.22 Å². The molecule has 0 aliphatic carbocycles. The second kappa shape index (κ2) is 8.31. The van der Waals surface area contributed by atoms with Crippen molar-refractivity contribution in [1.29, 1.82) is 0 Å². The van der Waals surface area contributed by atoms with Crippen LogP contribution in [0.25, 0.3) is 0 Å². The second-order valence-corrected chi connectivity index (χ2v) is 8.03. The lowest BCUT2D eigenvalue weighted by atomic mass is 9.98. The van der Waals surface area contributed by atoms with Gasteiger partial charge in [-0.3, -0.25) is 4.79 Å². The van der Waals surface area contributed by atoms with E-state index in [4.69, 9.17) is 9.15 Å². The third-order valence-electron chi connectivity index (χ3n) is 4.06. The van der Waals surface area contributed by atoms with Crippen molar-refractivity contribution < 1.29 is 22.4 Å². The number of carbonyl (C=O) groups excluding carboxylic acids is 1. The normalized spacial score (nSPS) is 13.8. The first-order valence-corrected chi connectivity index (χ1v) is 10.1. The summed E-state index contributed by atoms with van der Waals surface area (Å²) < 4.78 is 33.4. The number of hydrogen-bond donors (Lipinski definition) is 1. The summed E-state index contributed by atoms with van der Waals surface area (Å²) >= 11 is 0. The van der Waals surface area contributed by atoms with E-state index >= 15 is 0 Å². The first-order valence-electron chi connectivity index (χ1n) is 8.20. The number of amides is 1. The topological polar surface area (TPSA) is 111 Å². The Labute approximate surface area is 152 Å². The van der Waals surface area contributed by atoms with Crippen molar-refractivity contribution in [2.75, 3.05) is 13.4 Å². The molecule has 1 aromatic carbocycles. The van der Waals surface area contributed by atoms with Gasteiger partial charge in [0.15, 0.2) is 0 Å². The lowest BCUT2D eigenvalue weighted by molar-refractivity contribution is -0.121. The van der Waals surface area contributed by atoms with Crippen molar-refractivity contribution in [3.8, 4) is 5.75 Å². The van der Waals surface area contributed by atoms with Crippen LogP contribution in [0.1, 0.15) is 37.8 Å². The maximum atomic E-state index is 12.4. The van der Waals surface area contributed by atoms with Crippen molar-refractivity contribution in [2.24, 2.45) is 5.92 Å². The number of nitrogens with zero attached hydrogens (tertiary/aromatic N) is 2. The zero-order chi connectivity index (χ0) is 19.3. The van der Waals surface area contributed by atoms with E-state index in [2.05, 4.69) is 15.5 Å². The molecular weight excluding hydrogens is 358 g/mol. The number of aromatic nitrogens is 2. The standard InChI is InChI=1S/C17H23N3O5S/c1-5-11(2)15(16-19-20-17(25-16)26(4,22)23)18-14(21)10-12-6-8-13(24-3)9-7-12/h6-9,11,15H,5,10H2,1-4H3,(H,18,21)/t11-,15+/m1/s1. The maximum Gasteiger partial charge on any atom is 0.335 e. The highest BCUT2D eigenvalue weighted by atomic mass is 32.2. The molecule has 0 aliphatic rings. The number of nitrogens with one attached hydrogen (secondary N) is 1. The Morgan fingerprint density at radius 2 is 1.92 bits per heavy atom. The molecule has 0 aliphatic heterocycles. The van der Waals surface area contributed by atoms with Crippen LogP contribution >= 0.6 is 0 Å². The lowest BCUT2D eigenvalue weighted by Gasteiger charge is -2.21. The third-order valence-corrected chi connectivity index (χ3v) is 4.86. The summed E-state index contributed by atoms with van der Waals surface area (Å²) in [5.41, 5.74) is 0.827. The van der Waals surface area contributed by atoms with E-state index < -0.39 is 21.1 Å². The average molecular weight is 381 g/mol.